The molecule has 1 atom stereocenters. The average Bonchev–Trinajstić information content (AvgIpc) is 3.09. The minimum Gasteiger partial charge on any atom is -0.314 e. The fraction of sp³-hybridized carbons (Fsp3) is 1.00. The van der Waals surface area contributed by atoms with Crippen LogP contribution in [0.25, 0.3) is 0 Å². The van der Waals surface area contributed by atoms with Crippen LogP contribution in [0.3, 0.4) is 0 Å². The van der Waals surface area contributed by atoms with Crippen molar-refractivity contribution in [1.29, 1.82) is 0 Å². The molecule has 1 heterocycles. The molecule has 1 aliphatic carbocycles. The fourth-order valence-electron chi connectivity index (χ4n) is 2.09. The van der Waals surface area contributed by atoms with Crippen LogP contribution in [0.15, 0.2) is 0 Å². The van der Waals surface area contributed by atoms with Gasteiger partial charge in [0.2, 0.25) is 10.0 Å². The van der Waals surface area contributed by atoms with Crippen LogP contribution in [-0.4, -0.2) is 55.2 Å². The van der Waals surface area contributed by atoms with Gasteiger partial charge < -0.3 is 5.32 Å². The Morgan fingerprint density at radius 3 is 2.82 bits per heavy atom. The first kappa shape index (κ1) is 13.6. The number of thioether (sulfide) groups is 1. The van der Waals surface area contributed by atoms with Crippen molar-refractivity contribution in [3.8, 4) is 0 Å². The molecule has 2 aliphatic rings. The molecule has 1 unspecified atom stereocenters. The molecule has 1 aliphatic heterocycles. The third-order valence-corrected chi connectivity index (χ3v) is 6.50. The number of nitrogens with one attached hydrogen (secondary N) is 1. The average molecular weight is 278 g/mol. The summed E-state index contributed by atoms with van der Waals surface area (Å²) in [5.41, 5.74) is 0. The molecule has 0 amide bonds. The highest BCUT2D eigenvalue weighted by Crippen LogP contribution is 2.20. The van der Waals surface area contributed by atoms with E-state index in [0.29, 0.717) is 18.3 Å². The van der Waals surface area contributed by atoms with E-state index in [2.05, 4.69) is 5.32 Å². The molecule has 0 bridgehead atoms. The Balaban J connectivity index is 1.75. The summed E-state index contributed by atoms with van der Waals surface area (Å²) >= 11 is 1.84. The van der Waals surface area contributed by atoms with Crippen LogP contribution in [-0.2, 0) is 10.0 Å². The largest absolute Gasteiger partial charge is 0.314 e. The standard InChI is InChI=1S/C11H22N2O2S2/c1-10-9-16-7-6-13(10)17(14,15)8-2-5-12-11-3-4-11/h10-12H,2-9H2,1H3. The lowest BCUT2D eigenvalue weighted by atomic mass is 10.4. The van der Waals surface area contributed by atoms with Crippen LogP contribution in [0.1, 0.15) is 26.2 Å². The van der Waals surface area contributed by atoms with Gasteiger partial charge in [-0.05, 0) is 32.7 Å². The molecule has 2 fully saturated rings. The molecule has 1 saturated heterocycles. The molecule has 1 N–H and O–H groups in total. The van der Waals surface area contributed by atoms with Crippen molar-refractivity contribution in [2.24, 2.45) is 0 Å². The van der Waals surface area contributed by atoms with Gasteiger partial charge in [0.25, 0.3) is 0 Å². The smallest absolute Gasteiger partial charge is 0.214 e. The van der Waals surface area contributed by atoms with Gasteiger partial charge in [0, 0.05) is 30.1 Å². The highest BCUT2D eigenvalue weighted by molar-refractivity contribution is 7.99. The van der Waals surface area contributed by atoms with Gasteiger partial charge in [-0.15, -0.1) is 0 Å². The summed E-state index contributed by atoms with van der Waals surface area (Å²) in [6.45, 7) is 3.53. The Morgan fingerprint density at radius 2 is 2.18 bits per heavy atom. The first-order valence-corrected chi connectivity index (χ1v) is 9.16. The van der Waals surface area contributed by atoms with E-state index < -0.39 is 10.0 Å². The van der Waals surface area contributed by atoms with E-state index in [-0.39, 0.29) is 6.04 Å². The fourth-order valence-corrected chi connectivity index (χ4v) is 5.05. The van der Waals surface area contributed by atoms with E-state index >= 15 is 0 Å². The van der Waals surface area contributed by atoms with Crippen LogP contribution in [0.2, 0.25) is 0 Å². The van der Waals surface area contributed by atoms with E-state index in [1.165, 1.54) is 12.8 Å². The van der Waals surface area contributed by atoms with Gasteiger partial charge in [0.05, 0.1) is 5.75 Å². The Kier molecular flexibility index (Phi) is 4.74. The molecule has 4 nitrogen and oxygen atoms in total. The second-order valence-electron chi connectivity index (χ2n) is 4.93. The van der Waals surface area contributed by atoms with E-state index in [0.717, 1.165) is 24.5 Å². The van der Waals surface area contributed by atoms with Crippen molar-refractivity contribution >= 4 is 21.8 Å². The summed E-state index contributed by atoms with van der Waals surface area (Å²) in [5, 5.41) is 3.36. The highest BCUT2D eigenvalue weighted by atomic mass is 32.2. The van der Waals surface area contributed by atoms with Crippen molar-refractivity contribution < 1.29 is 8.42 Å². The normalized spacial score (nSPS) is 27.2. The zero-order valence-corrected chi connectivity index (χ0v) is 12.0. The van der Waals surface area contributed by atoms with Gasteiger partial charge in [0.15, 0.2) is 0 Å². The highest BCUT2D eigenvalue weighted by Gasteiger charge is 2.29. The quantitative estimate of drug-likeness (QED) is 0.733. The van der Waals surface area contributed by atoms with E-state index in [1.54, 1.807) is 4.31 Å². The molecule has 100 valence electrons. The second-order valence-corrected chi connectivity index (χ2v) is 8.12. The molecule has 6 heteroatoms. The molecule has 0 aromatic heterocycles. The maximum atomic E-state index is 12.1. The molecule has 0 aromatic carbocycles. The molecule has 1 saturated carbocycles. The minimum atomic E-state index is -3.03. The van der Waals surface area contributed by atoms with Gasteiger partial charge >= 0.3 is 0 Å². The van der Waals surface area contributed by atoms with Crippen molar-refractivity contribution in [1.82, 2.24) is 9.62 Å². The third kappa shape index (κ3) is 4.12. The van der Waals surface area contributed by atoms with Crippen molar-refractivity contribution in [3.63, 3.8) is 0 Å². The summed E-state index contributed by atoms with van der Waals surface area (Å²) in [4.78, 5) is 0. The Morgan fingerprint density at radius 1 is 1.41 bits per heavy atom. The van der Waals surface area contributed by atoms with E-state index in [1.807, 2.05) is 18.7 Å². The Labute approximate surface area is 109 Å². The maximum Gasteiger partial charge on any atom is 0.214 e. The van der Waals surface area contributed by atoms with Crippen LogP contribution in [0.4, 0.5) is 0 Å². The van der Waals surface area contributed by atoms with Crippen LogP contribution in [0, 0.1) is 0 Å². The van der Waals surface area contributed by atoms with Crippen LogP contribution in [0.5, 0.6) is 0 Å². The topological polar surface area (TPSA) is 49.4 Å². The van der Waals surface area contributed by atoms with Gasteiger partial charge in [-0.1, -0.05) is 0 Å². The van der Waals surface area contributed by atoms with Crippen LogP contribution < -0.4 is 5.32 Å². The van der Waals surface area contributed by atoms with Gasteiger partial charge in [-0.25, -0.2) is 8.42 Å². The molecule has 0 radical (unpaired) electrons. The SMILES string of the molecule is CC1CSCCN1S(=O)(=O)CCCNC1CC1. The number of rotatable bonds is 6. The minimum absolute atomic E-state index is 0.162. The zero-order chi connectivity index (χ0) is 12.3. The van der Waals surface area contributed by atoms with Crippen molar-refractivity contribution in [2.45, 2.75) is 38.3 Å². The lowest BCUT2D eigenvalue weighted by molar-refractivity contribution is 0.367. The second kappa shape index (κ2) is 5.91. The maximum absolute atomic E-state index is 12.1. The molecule has 0 aromatic rings. The summed E-state index contributed by atoms with van der Waals surface area (Å²) < 4.78 is 26.0. The summed E-state index contributed by atoms with van der Waals surface area (Å²) in [6, 6.07) is 0.832. The lowest BCUT2D eigenvalue weighted by Crippen LogP contribution is -2.45. The predicted octanol–water partition coefficient (Wildman–Crippen LogP) is 0.896. The van der Waals surface area contributed by atoms with E-state index in [9.17, 15) is 8.42 Å². The number of sulfonamides is 1. The zero-order valence-electron chi connectivity index (χ0n) is 10.4. The molecule has 0 spiro atoms. The van der Waals surface area contributed by atoms with Crippen molar-refractivity contribution in [3.05, 3.63) is 0 Å². The molecular weight excluding hydrogens is 256 g/mol. The Bertz CT molecular complexity index is 341. The van der Waals surface area contributed by atoms with Gasteiger partial charge in [-0.3, -0.25) is 0 Å². The number of hydrogen-bond acceptors (Lipinski definition) is 4. The van der Waals surface area contributed by atoms with Crippen molar-refractivity contribution in [2.75, 3.05) is 30.3 Å². The Hall–Kier alpha value is 0.220. The summed E-state index contributed by atoms with van der Waals surface area (Å²) in [5.74, 6) is 2.16. The first-order chi connectivity index (χ1) is 8.09. The predicted molar refractivity (Wildman–Crippen MR) is 72.9 cm³/mol. The molecular formula is C11H22N2O2S2. The first-order valence-electron chi connectivity index (χ1n) is 6.40. The molecule has 17 heavy (non-hydrogen) atoms. The third-order valence-electron chi connectivity index (χ3n) is 3.25. The summed E-state index contributed by atoms with van der Waals surface area (Å²) in [6.07, 6.45) is 3.25. The number of nitrogens with zero attached hydrogens (tertiary/aromatic N) is 1. The number of hydrogen-bond donors (Lipinski definition) is 1. The van der Waals surface area contributed by atoms with Gasteiger partial charge in [-0.2, -0.15) is 16.1 Å². The van der Waals surface area contributed by atoms with E-state index in [4.69, 9.17) is 0 Å². The lowest BCUT2D eigenvalue weighted by Gasteiger charge is -2.31. The van der Waals surface area contributed by atoms with Gasteiger partial charge in [0.1, 0.15) is 0 Å². The van der Waals surface area contributed by atoms with Crippen LogP contribution >= 0.6 is 11.8 Å². The molecule has 2 rings (SSSR count). The summed E-state index contributed by atoms with van der Waals surface area (Å²) in [7, 11) is -3.03. The monoisotopic (exact) mass is 278 g/mol.